The second kappa shape index (κ2) is 11.3. The fourth-order valence-corrected chi connectivity index (χ4v) is 3.91. The molecule has 0 bridgehead atoms. The van der Waals surface area contributed by atoms with Crippen LogP contribution in [0, 0.1) is 5.41 Å². The molecule has 6 heteroatoms. The van der Waals surface area contributed by atoms with Crippen molar-refractivity contribution < 1.29 is 4.74 Å². The number of hydrogen-bond donors (Lipinski definition) is 2. The standard InChI is InChI=1S/C17H29N3OS.HI/c1-18-16(19-10-5-15-6-12-22-13-15)20-14-17(9-11-21-2)7-3-4-8-17;/h6,12-13H,3-5,7-11,14H2,1-2H3,(H2,18,19,20);1H. The van der Waals surface area contributed by atoms with Gasteiger partial charge in [0.1, 0.15) is 0 Å². The van der Waals surface area contributed by atoms with Gasteiger partial charge < -0.3 is 15.4 Å². The molecule has 132 valence electrons. The van der Waals surface area contributed by atoms with Gasteiger partial charge in [0.05, 0.1) is 0 Å². The van der Waals surface area contributed by atoms with Gasteiger partial charge in [-0.1, -0.05) is 12.8 Å². The van der Waals surface area contributed by atoms with E-state index in [2.05, 4.69) is 32.5 Å². The molecule has 2 rings (SSSR count). The van der Waals surface area contributed by atoms with E-state index in [0.29, 0.717) is 5.41 Å². The first-order valence-electron chi connectivity index (χ1n) is 8.22. The number of aliphatic imine (C=N–C) groups is 1. The largest absolute Gasteiger partial charge is 0.385 e. The molecule has 1 aromatic heterocycles. The van der Waals surface area contributed by atoms with Crippen molar-refractivity contribution in [1.82, 2.24) is 10.6 Å². The predicted octanol–water partition coefficient (Wildman–Crippen LogP) is 3.67. The van der Waals surface area contributed by atoms with E-state index >= 15 is 0 Å². The van der Waals surface area contributed by atoms with Crippen LogP contribution >= 0.6 is 35.3 Å². The molecular weight excluding hydrogens is 421 g/mol. The summed E-state index contributed by atoms with van der Waals surface area (Å²) in [6.45, 7) is 2.77. The average Bonchev–Trinajstić information content (AvgIpc) is 3.21. The third-order valence-corrected chi connectivity index (χ3v) is 5.37. The van der Waals surface area contributed by atoms with E-state index in [1.807, 2.05) is 7.05 Å². The van der Waals surface area contributed by atoms with Gasteiger partial charge in [-0.05, 0) is 53.5 Å². The quantitative estimate of drug-likeness (QED) is 0.360. The molecule has 1 saturated carbocycles. The Labute approximate surface area is 161 Å². The van der Waals surface area contributed by atoms with E-state index in [1.165, 1.54) is 31.2 Å². The minimum atomic E-state index is 0. The second-order valence-electron chi connectivity index (χ2n) is 6.18. The van der Waals surface area contributed by atoms with E-state index in [4.69, 9.17) is 4.74 Å². The Morgan fingerprint density at radius 1 is 1.35 bits per heavy atom. The number of rotatable bonds is 8. The van der Waals surface area contributed by atoms with E-state index < -0.39 is 0 Å². The smallest absolute Gasteiger partial charge is 0.191 e. The summed E-state index contributed by atoms with van der Waals surface area (Å²) in [7, 11) is 3.64. The molecule has 0 radical (unpaired) electrons. The number of nitrogens with one attached hydrogen (secondary N) is 2. The minimum absolute atomic E-state index is 0. The topological polar surface area (TPSA) is 45.7 Å². The van der Waals surface area contributed by atoms with Gasteiger partial charge in [0.15, 0.2) is 5.96 Å². The first-order chi connectivity index (χ1) is 10.8. The summed E-state index contributed by atoms with van der Waals surface area (Å²) in [6.07, 6.45) is 7.47. The van der Waals surface area contributed by atoms with Crippen LogP contribution < -0.4 is 10.6 Å². The molecule has 1 aliphatic carbocycles. The van der Waals surface area contributed by atoms with Crippen molar-refractivity contribution in [2.24, 2.45) is 10.4 Å². The number of guanidine groups is 1. The monoisotopic (exact) mass is 451 g/mol. The van der Waals surface area contributed by atoms with E-state index in [0.717, 1.165) is 38.5 Å². The third kappa shape index (κ3) is 6.97. The zero-order valence-corrected chi connectivity index (χ0v) is 17.4. The van der Waals surface area contributed by atoms with Crippen molar-refractivity contribution in [2.45, 2.75) is 38.5 Å². The summed E-state index contributed by atoms with van der Waals surface area (Å²) in [5, 5.41) is 11.3. The number of ether oxygens (including phenoxy) is 1. The number of nitrogens with zero attached hydrogens (tertiary/aromatic N) is 1. The SMILES string of the molecule is CN=C(NCCc1ccsc1)NCC1(CCOC)CCCC1.I. The molecule has 0 amide bonds. The van der Waals surface area contributed by atoms with Crippen molar-refractivity contribution in [3.05, 3.63) is 22.4 Å². The van der Waals surface area contributed by atoms with Crippen LogP contribution in [-0.4, -0.2) is 39.8 Å². The number of methoxy groups -OCH3 is 1. The fraction of sp³-hybridized carbons (Fsp3) is 0.706. The van der Waals surface area contributed by atoms with Crippen LogP contribution in [-0.2, 0) is 11.2 Å². The molecule has 1 heterocycles. The summed E-state index contributed by atoms with van der Waals surface area (Å²) < 4.78 is 5.30. The van der Waals surface area contributed by atoms with Crippen LogP contribution in [0.4, 0.5) is 0 Å². The molecular formula is C17H30IN3OS. The normalized spacial score (nSPS) is 16.9. The number of thiophene rings is 1. The van der Waals surface area contributed by atoms with Gasteiger partial charge in [0.2, 0.25) is 0 Å². The van der Waals surface area contributed by atoms with E-state index in [-0.39, 0.29) is 24.0 Å². The van der Waals surface area contributed by atoms with Gasteiger partial charge in [-0.25, -0.2) is 0 Å². The summed E-state index contributed by atoms with van der Waals surface area (Å²) in [4.78, 5) is 4.35. The van der Waals surface area contributed by atoms with Crippen LogP contribution in [0.3, 0.4) is 0 Å². The van der Waals surface area contributed by atoms with Crippen LogP contribution in [0.2, 0.25) is 0 Å². The lowest BCUT2D eigenvalue weighted by Crippen LogP contribution is -2.43. The lowest BCUT2D eigenvalue weighted by Gasteiger charge is -2.29. The molecule has 0 aliphatic heterocycles. The predicted molar refractivity (Wildman–Crippen MR) is 110 cm³/mol. The molecule has 0 atom stereocenters. The highest BCUT2D eigenvalue weighted by Gasteiger charge is 2.33. The van der Waals surface area contributed by atoms with Crippen LogP contribution in [0.1, 0.15) is 37.7 Å². The Morgan fingerprint density at radius 3 is 2.74 bits per heavy atom. The van der Waals surface area contributed by atoms with Crippen molar-refractivity contribution in [3.63, 3.8) is 0 Å². The fourth-order valence-electron chi connectivity index (χ4n) is 3.21. The number of halogens is 1. The molecule has 23 heavy (non-hydrogen) atoms. The van der Waals surface area contributed by atoms with Crippen molar-refractivity contribution >= 4 is 41.3 Å². The van der Waals surface area contributed by atoms with Crippen molar-refractivity contribution in [2.75, 3.05) is 33.9 Å². The highest BCUT2D eigenvalue weighted by atomic mass is 127. The second-order valence-corrected chi connectivity index (χ2v) is 6.96. The maximum atomic E-state index is 5.30. The van der Waals surface area contributed by atoms with Crippen LogP contribution in [0.15, 0.2) is 21.8 Å². The highest BCUT2D eigenvalue weighted by Crippen LogP contribution is 2.40. The van der Waals surface area contributed by atoms with Crippen molar-refractivity contribution in [3.8, 4) is 0 Å². The zero-order chi connectivity index (χ0) is 15.7. The molecule has 1 aliphatic rings. The Bertz CT molecular complexity index is 445. The molecule has 1 fully saturated rings. The first-order valence-corrected chi connectivity index (χ1v) is 9.17. The van der Waals surface area contributed by atoms with Gasteiger partial charge in [0, 0.05) is 33.9 Å². The van der Waals surface area contributed by atoms with Crippen LogP contribution in [0.5, 0.6) is 0 Å². The summed E-state index contributed by atoms with van der Waals surface area (Å²) in [5.74, 6) is 0.916. The molecule has 0 spiro atoms. The molecule has 0 aromatic carbocycles. The van der Waals surface area contributed by atoms with Gasteiger partial charge in [0.25, 0.3) is 0 Å². The molecule has 4 nitrogen and oxygen atoms in total. The van der Waals surface area contributed by atoms with Crippen molar-refractivity contribution in [1.29, 1.82) is 0 Å². The summed E-state index contributed by atoms with van der Waals surface area (Å²) in [5.41, 5.74) is 1.78. The summed E-state index contributed by atoms with van der Waals surface area (Å²) in [6, 6.07) is 2.18. The Kier molecular flexibility index (Phi) is 10.1. The van der Waals surface area contributed by atoms with E-state index in [9.17, 15) is 0 Å². The van der Waals surface area contributed by atoms with Gasteiger partial charge in [-0.3, -0.25) is 4.99 Å². The molecule has 2 N–H and O–H groups in total. The maximum absolute atomic E-state index is 5.30. The third-order valence-electron chi connectivity index (χ3n) is 4.64. The van der Waals surface area contributed by atoms with Crippen LogP contribution in [0.25, 0.3) is 0 Å². The van der Waals surface area contributed by atoms with Gasteiger partial charge in [-0.2, -0.15) is 11.3 Å². The number of hydrogen-bond acceptors (Lipinski definition) is 3. The first kappa shape index (κ1) is 20.7. The lowest BCUT2D eigenvalue weighted by molar-refractivity contribution is 0.138. The molecule has 0 unspecified atom stereocenters. The average molecular weight is 451 g/mol. The highest BCUT2D eigenvalue weighted by molar-refractivity contribution is 14.0. The van der Waals surface area contributed by atoms with Gasteiger partial charge in [-0.15, -0.1) is 24.0 Å². The molecule has 1 aromatic rings. The van der Waals surface area contributed by atoms with E-state index in [1.54, 1.807) is 18.4 Å². The lowest BCUT2D eigenvalue weighted by atomic mass is 9.83. The van der Waals surface area contributed by atoms with Gasteiger partial charge >= 0.3 is 0 Å². The summed E-state index contributed by atoms with van der Waals surface area (Å²) >= 11 is 1.75. The minimum Gasteiger partial charge on any atom is -0.385 e. The zero-order valence-electron chi connectivity index (χ0n) is 14.3. The maximum Gasteiger partial charge on any atom is 0.191 e. The Balaban J connectivity index is 0.00000264. The molecule has 0 saturated heterocycles. The Morgan fingerprint density at radius 2 is 2.13 bits per heavy atom. The Hall–Kier alpha value is -0.340.